The summed E-state index contributed by atoms with van der Waals surface area (Å²) in [6.07, 6.45) is 0. The van der Waals surface area contributed by atoms with Gasteiger partial charge in [0.2, 0.25) is 0 Å². The lowest BCUT2D eigenvalue weighted by atomic mass is 9.67. The summed E-state index contributed by atoms with van der Waals surface area (Å²) in [4.78, 5) is 0. The van der Waals surface area contributed by atoms with E-state index in [1.807, 2.05) is 0 Å². The van der Waals surface area contributed by atoms with Gasteiger partial charge < -0.3 is 4.42 Å². The third-order valence-corrected chi connectivity index (χ3v) is 10.9. The topological polar surface area (TPSA) is 13.1 Å². The molecule has 222 valence electrons. The summed E-state index contributed by atoms with van der Waals surface area (Å²) in [5.74, 6) is 0. The number of fused-ring (bicyclic) bond motifs is 8. The first-order chi connectivity index (χ1) is 23.8. The largest absolute Gasteiger partial charge is 0.455 e. The molecule has 0 saturated carbocycles. The molecule has 9 aromatic carbocycles. The molecule has 1 nitrogen and oxygen atoms in total. The molecule has 1 heterocycles. The fourth-order valence-electron chi connectivity index (χ4n) is 9.00. The Morgan fingerprint density at radius 1 is 0.375 bits per heavy atom. The molecular formula is C47H28O. The molecule has 0 unspecified atom stereocenters. The Morgan fingerprint density at radius 2 is 1.02 bits per heavy atom. The predicted molar refractivity (Wildman–Crippen MR) is 200 cm³/mol. The van der Waals surface area contributed by atoms with Gasteiger partial charge in [0.1, 0.15) is 11.2 Å². The smallest absolute Gasteiger partial charge is 0.143 e. The maximum Gasteiger partial charge on any atom is 0.143 e. The summed E-state index contributed by atoms with van der Waals surface area (Å²) in [6.45, 7) is 0. The zero-order valence-electron chi connectivity index (χ0n) is 26.1. The second kappa shape index (κ2) is 9.44. The van der Waals surface area contributed by atoms with Gasteiger partial charge in [-0.1, -0.05) is 152 Å². The maximum atomic E-state index is 6.62. The lowest BCUT2D eigenvalue weighted by molar-refractivity contribution is 0.673. The van der Waals surface area contributed by atoms with Crippen molar-refractivity contribution in [2.45, 2.75) is 5.41 Å². The molecule has 1 aliphatic carbocycles. The van der Waals surface area contributed by atoms with Crippen molar-refractivity contribution in [1.29, 1.82) is 0 Å². The molecule has 0 radical (unpaired) electrons. The minimum atomic E-state index is -0.404. The fourth-order valence-corrected chi connectivity index (χ4v) is 9.00. The number of para-hydroxylation sites is 1. The summed E-state index contributed by atoms with van der Waals surface area (Å²) in [5.41, 5.74) is 11.8. The van der Waals surface area contributed by atoms with E-state index in [-0.39, 0.29) is 0 Å². The average molecular weight is 609 g/mol. The van der Waals surface area contributed by atoms with E-state index in [1.54, 1.807) is 0 Å². The molecular weight excluding hydrogens is 581 g/mol. The highest BCUT2D eigenvalue weighted by Crippen LogP contribution is 2.57. The Balaban J connectivity index is 1.23. The van der Waals surface area contributed by atoms with E-state index in [1.165, 1.54) is 87.6 Å². The van der Waals surface area contributed by atoms with Gasteiger partial charge in [0.25, 0.3) is 0 Å². The maximum absolute atomic E-state index is 6.62. The molecule has 10 aromatic rings. The summed E-state index contributed by atoms with van der Waals surface area (Å²) >= 11 is 0. The number of hydrogen-bond donors (Lipinski definition) is 0. The van der Waals surface area contributed by atoms with Gasteiger partial charge in [-0.25, -0.2) is 0 Å². The lowest BCUT2D eigenvalue weighted by Gasteiger charge is -2.33. The molecule has 1 heteroatoms. The van der Waals surface area contributed by atoms with Gasteiger partial charge in [-0.3, -0.25) is 0 Å². The molecule has 0 fully saturated rings. The molecule has 1 aliphatic rings. The summed E-state index contributed by atoms with van der Waals surface area (Å²) in [5, 5.41) is 9.88. The number of rotatable bonds is 3. The molecule has 0 spiro atoms. The van der Waals surface area contributed by atoms with Gasteiger partial charge in [-0.05, 0) is 84.3 Å². The zero-order valence-corrected chi connectivity index (χ0v) is 26.1. The van der Waals surface area contributed by atoms with Crippen molar-refractivity contribution in [3.63, 3.8) is 0 Å². The molecule has 0 amide bonds. The van der Waals surface area contributed by atoms with Crippen molar-refractivity contribution in [3.8, 4) is 22.3 Å². The minimum Gasteiger partial charge on any atom is -0.455 e. The van der Waals surface area contributed by atoms with Gasteiger partial charge in [-0.2, -0.15) is 0 Å². The van der Waals surface area contributed by atoms with E-state index >= 15 is 0 Å². The van der Waals surface area contributed by atoms with Crippen molar-refractivity contribution < 1.29 is 4.42 Å². The Hall–Kier alpha value is -6.18. The standard InChI is InChI=1S/C47H28O/c1-3-14-31(15-4-1)47(32-16-5-2-6-17-32)40-23-9-7-18-33(40)39-27-29(25-26-41(39)47)38-28-30-13-11-21-36-43(30)44-34(38)20-12-22-37(44)46-45(36)35-19-8-10-24-42(35)48-46/h1-28H. The number of benzene rings is 9. The van der Waals surface area contributed by atoms with E-state index in [0.717, 1.165) is 11.2 Å². The lowest BCUT2D eigenvalue weighted by Crippen LogP contribution is -2.28. The first-order valence-electron chi connectivity index (χ1n) is 16.7. The Morgan fingerprint density at radius 3 is 1.85 bits per heavy atom. The van der Waals surface area contributed by atoms with Crippen LogP contribution in [0.15, 0.2) is 174 Å². The van der Waals surface area contributed by atoms with Crippen LogP contribution in [0.25, 0.3) is 76.5 Å². The SMILES string of the molecule is c1ccc(C2(c3ccccc3)c3ccccc3-c3cc(-c4cc5cccc6c7c8ccccc8oc7c7cccc4c7c56)ccc32)cc1. The van der Waals surface area contributed by atoms with E-state index in [2.05, 4.69) is 170 Å². The van der Waals surface area contributed by atoms with Crippen LogP contribution in [0, 0.1) is 0 Å². The third-order valence-electron chi connectivity index (χ3n) is 10.9. The highest BCUT2D eigenvalue weighted by atomic mass is 16.3. The van der Waals surface area contributed by atoms with Crippen LogP contribution in [0.1, 0.15) is 22.3 Å². The van der Waals surface area contributed by atoms with E-state index in [0.29, 0.717) is 0 Å². The summed E-state index contributed by atoms with van der Waals surface area (Å²) in [6, 6.07) is 62.5. The van der Waals surface area contributed by atoms with Crippen molar-refractivity contribution in [2.75, 3.05) is 0 Å². The summed E-state index contributed by atoms with van der Waals surface area (Å²) in [7, 11) is 0. The van der Waals surface area contributed by atoms with Gasteiger partial charge in [0, 0.05) is 21.5 Å². The van der Waals surface area contributed by atoms with Crippen LogP contribution in [0.5, 0.6) is 0 Å². The van der Waals surface area contributed by atoms with Crippen LogP contribution in [0.2, 0.25) is 0 Å². The van der Waals surface area contributed by atoms with Crippen LogP contribution >= 0.6 is 0 Å². The zero-order chi connectivity index (χ0) is 31.4. The monoisotopic (exact) mass is 608 g/mol. The summed E-state index contributed by atoms with van der Waals surface area (Å²) < 4.78 is 6.62. The molecule has 11 rings (SSSR count). The molecule has 1 aromatic heterocycles. The molecule has 0 saturated heterocycles. The second-order valence-electron chi connectivity index (χ2n) is 13.1. The second-order valence-corrected chi connectivity index (χ2v) is 13.1. The van der Waals surface area contributed by atoms with Crippen LogP contribution in [-0.4, -0.2) is 0 Å². The minimum absolute atomic E-state index is 0.404. The van der Waals surface area contributed by atoms with Crippen molar-refractivity contribution in [1.82, 2.24) is 0 Å². The van der Waals surface area contributed by atoms with Crippen LogP contribution in [0.4, 0.5) is 0 Å². The number of hydrogen-bond acceptors (Lipinski definition) is 1. The molecule has 0 bridgehead atoms. The van der Waals surface area contributed by atoms with Crippen LogP contribution in [-0.2, 0) is 5.41 Å². The van der Waals surface area contributed by atoms with E-state index < -0.39 is 5.41 Å². The average Bonchev–Trinajstić information content (AvgIpc) is 3.69. The Bertz CT molecular complexity index is 2840. The highest BCUT2D eigenvalue weighted by Gasteiger charge is 2.46. The van der Waals surface area contributed by atoms with Gasteiger partial charge in [0.05, 0.1) is 5.41 Å². The van der Waals surface area contributed by atoms with Crippen molar-refractivity contribution in [3.05, 3.63) is 192 Å². The van der Waals surface area contributed by atoms with E-state index in [4.69, 9.17) is 4.42 Å². The Kier molecular flexibility index (Phi) is 5.10. The number of furan rings is 1. The third kappa shape index (κ3) is 3.21. The van der Waals surface area contributed by atoms with Gasteiger partial charge in [0.15, 0.2) is 0 Å². The normalized spacial score (nSPS) is 13.6. The predicted octanol–water partition coefficient (Wildman–Crippen LogP) is 12.5. The van der Waals surface area contributed by atoms with Crippen LogP contribution in [0.3, 0.4) is 0 Å². The quantitative estimate of drug-likeness (QED) is 0.182. The first-order valence-corrected chi connectivity index (χ1v) is 16.7. The fraction of sp³-hybridized carbons (Fsp3) is 0.0213. The highest BCUT2D eigenvalue weighted by molar-refractivity contribution is 6.37. The van der Waals surface area contributed by atoms with Gasteiger partial charge in [-0.15, -0.1) is 0 Å². The van der Waals surface area contributed by atoms with E-state index in [9.17, 15) is 0 Å². The first kappa shape index (κ1) is 25.9. The van der Waals surface area contributed by atoms with Crippen LogP contribution < -0.4 is 0 Å². The molecule has 0 atom stereocenters. The Labute approximate surface area is 277 Å². The van der Waals surface area contributed by atoms with Crippen molar-refractivity contribution >= 4 is 54.3 Å². The molecule has 48 heavy (non-hydrogen) atoms. The molecule has 0 aliphatic heterocycles. The van der Waals surface area contributed by atoms with Gasteiger partial charge >= 0.3 is 0 Å². The molecule has 0 N–H and O–H groups in total. The van der Waals surface area contributed by atoms with Crippen molar-refractivity contribution in [2.24, 2.45) is 0 Å².